The van der Waals surface area contributed by atoms with Gasteiger partial charge in [0, 0.05) is 0 Å². The van der Waals surface area contributed by atoms with Gasteiger partial charge in [-0.3, -0.25) is 4.79 Å². The van der Waals surface area contributed by atoms with Crippen molar-refractivity contribution in [1.29, 1.82) is 0 Å². The zero-order valence-corrected chi connectivity index (χ0v) is 16.6. The van der Waals surface area contributed by atoms with Gasteiger partial charge in [-0.25, -0.2) is 5.43 Å². The summed E-state index contributed by atoms with van der Waals surface area (Å²) in [6.07, 6.45) is 4.90. The molecular formula is C20H25BrN2O2. The van der Waals surface area contributed by atoms with Crippen LogP contribution in [0.25, 0.3) is 0 Å². The third kappa shape index (κ3) is 5.56. The van der Waals surface area contributed by atoms with Gasteiger partial charge in [0.05, 0.1) is 10.2 Å². The number of carbonyl (C=O) groups excluding carboxylic acids is 1. The van der Waals surface area contributed by atoms with Crippen molar-refractivity contribution in [3.63, 3.8) is 0 Å². The van der Waals surface area contributed by atoms with Gasteiger partial charge in [0.15, 0.2) is 6.61 Å². The molecular weight excluding hydrogens is 380 g/mol. The van der Waals surface area contributed by atoms with Gasteiger partial charge in [-0.1, -0.05) is 31.2 Å². The second kappa shape index (κ2) is 8.99. The SMILES string of the molecule is C=C(C)C1CC=C(C)/C(=N/NC(=O)COc2ccc(CC)cc2Br)C1. The molecule has 0 spiro atoms. The van der Waals surface area contributed by atoms with Crippen LogP contribution >= 0.6 is 15.9 Å². The first-order valence-electron chi connectivity index (χ1n) is 8.49. The van der Waals surface area contributed by atoms with Crippen molar-refractivity contribution in [2.45, 2.75) is 40.0 Å². The fourth-order valence-corrected chi connectivity index (χ4v) is 3.15. The van der Waals surface area contributed by atoms with Crippen molar-refractivity contribution < 1.29 is 9.53 Å². The third-order valence-corrected chi connectivity index (χ3v) is 5.00. The van der Waals surface area contributed by atoms with Crippen LogP contribution in [0.5, 0.6) is 5.75 Å². The quantitative estimate of drug-likeness (QED) is 0.546. The summed E-state index contributed by atoms with van der Waals surface area (Å²) in [5.41, 5.74) is 6.96. The van der Waals surface area contributed by atoms with Crippen LogP contribution in [0.2, 0.25) is 0 Å². The van der Waals surface area contributed by atoms with Gasteiger partial charge in [-0.2, -0.15) is 5.10 Å². The summed E-state index contributed by atoms with van der Waals surface area (Å²) in [6, 6.07) is 5.86. The molecule has 1 aromatic carbocycles. The third-order valence-electron chi connectivity index (χ3n) is 4.38. The van der Waals surface area contributed by atoms with E-state index in [4.69, 9.17) is 4.74 Å². The molecule has 25 heavy (non-hydrogen) atoms. The second-order valence-electron chi connectivity index (χ2n) is 6.37. The number of hydrogen-bond acceptors (Lipinski definition) is 3. The second-order valence-corrected chi connectivity index (χ2v) is 7.23. The van der Waals surface area contributed by atoms with Gasteiger partial charge in [-0.15, -0.1) is 0 Å². The largest absolute Gasteiger partial charge is 0.483 e. The van der Waals surface area contributed by atoms with Crippen LogP contribution in [-0.4, -0.2) is 18.2 Å². The maximum absolute atomic E-state index is 12.0. The number of allylic oxidation sites excluding steroid dienone is 3. The van der Waals surface area contributed by atoms with Crippen molar-refractivity contribution in [3.05, 3.63) is 52.0 Å². The normalized spacial score (nSPS) is 18.6. The fraction of sp³-hybridized carbons (Fsp3) is 0.400. The summed E-state index contributed by atoms with van der Waals surface area (Å²) < 4.78 is 6.42. The van der Waals surface area contributed by atoms with Crippen LogP contribution in [0.3, 0.4) is 0 Å². The summed E-state index contributed by atoms with van der Waals surface area (Å²) >= 11 is 3.47. The molecule has 1 N–H and O–H groups in total. The van der Waals surface area contributed by atoms with Gasteiger partial charge in [0.1, 0.15) is 5.75 Å². The topological polar surface area (TPSA) is 50.7 Å². The lowest BCUT2D eigenvalue weighted by molar-refractivity contribution is -0.123. The maximum atomic E-state index is 12.0. The number of carbonyl (C=O) groups is 1. The van der Waals surface area contributed by atoms with Crippen LogP contribution in [-0.2, 0) is 11.2 Å². The van der Waals surface area contributed by atoms with Gasteiger partial charge in [0.25, 0.3) is 5.91 Å². The summed E-state index contributed by atoms with van der Waals surface area (Å²) in [6.45, 7) is 10.1. The lowest BCUT2D eigenvalue weighted by Crippen LogP contribution is -2.27. The molecule has 0 aromatic heterocycles. The van der Waals surface area contributed by atoms with E-state index in [1.165, 1.54) is 5.56 Å². The average Bonchev–Trinajstić information content (AvgIpc) is 2.59. The highest BCUT2D eigenvalue weighted by atomic mass is 79.9. The Labute approximate surface area is 158 Å². The maximum Gasteiger partial charge on any atom is 0.277 e. The number of nitrogens with one attached hydrogen (secondary N) is 1. The highest BCUT2D eigenvalue weighted by Gasteiger charge is 2.18. The molecule has 0 aliphatic heterocycles. The number of benzene rings is 1. The Bertz CT molecular complexity index is 722. The Balaban J connectivity index is 1.91. The molecule has 0 saturated carbocycles. The van der Waals surface area contributed by atoms with Crippen LogP contribution in [0.1, 0.15) is 39.2 Å². The van der Waals surface area contributed by atoms with E-state index in [1.807, 2.05) is 32.0 Å². The van der Waals surface area contributed by atoms with E-state index in [0.29, 0.717) is 11.7 Å². The summed E-state index contributed by atoms with van der Waals surface area (Å²) in [4.78, 5) is 12.0. The van der Waals surface area contributed by atoms with Gasteiger partial charge >= 0.3 is 0 Å². The van der Waals surface area contributed by atoms with Crippen molar-refractivity contribution in [1.82, 2.24) is 5.43 Å². The molecule has 0 fully saturated rings. The Morgan fingerprint density at radius 2 is 2.24 bits per heavy atom. The molecule has 0 bridgehead atoms. The van der Waals surface area contributed by atoms with Gasteiger partial charge in [0.2, 0.25) is 0 Å². The van der Waals surface area contributed by atoms with E-state index in [9.17, 15) is 4.79 Å². The molecule has 1 aliphatic rings. The first-order valence-corrected chi connectivity index (χ1v) is 9.29. The summed E-state index contributed by atoms with van der Waals surface area (Å²) in [5, 5.41) is 4.27. The molecule has 0 heterocycles. The molecule has 2 rings (SSSR count). The van der Waals surface area contributed by atoms with Crippen molar-refractivity contribution >= 4 is 27.5 Å². The first kappa shape index (κ1) is 19.4. The van der Waals surface area contributed by atoms with E-state index in [-0.39, 0.29) is 12.5 Å². The number of hydrogen-bond donors (Lipinski definition) is 1. The zero-order chi connectivity index (χ0) is 18.4. The van der Waals surface area contributed by atoms with E-state index in [1.54, 1.807) is 0 Å². The molecule has 1 aromatic rings. The molecule has 1 amide bonds. The van der Waals surface area contributed by atoms with Crippen LogP contribution in [0, 0.1) is 5.92 Å². The summed E-state index contributed by atoms with van der Waals surface area (Å²) in [7, 11) is 0. The standard InChI is InChI=1S/C20H25BrN2O2/c1-5-15-7-9-19(17(21)10-15)25-12-20(24)23-22-18-11-16(13(2)3)8-6-14(18)4/h6-7,9-10,16H,2,5,8,11-12H2,1,3-4H3,(H,23,24)/b22-18+. The number of ether oxygens (including phenoxy) is 1. The summed E-state index contributed by atoms with van der Waals surface area (Å²) in [5.74, 6) is 0.768. The predicted octanol–water partition coefficient (Wildman–Crippen LogP) is 4.79. The number of aryl methyl sites for hydroxylation is 1. The number of rotatable bonds is 6. The molecule has 1 unspecified atom stereocenters. The minimum absolute atomic E-state index is 0.0759. The zero-order valence-electron chi connectivity index (χ0n) is 15.1. The number of hydrazone groups is 1. The first-order chi connectivity index (χ1) is 11.9. The molecule has 4 nitrogen and oxygen atoms in total. The Morgan fingerprint density at radius 3 is 2.88 bits per heavy atom. The number of halogens is 1. The monoisotopic (exact) mass is 404 g/mol. The molecule has 0 saturated heterocycles. The van der Waals surface area contributed by atoms with E-state index in [2.05, 4.69) is 46.0 Å². The molecule has 134 valence electrons. The highest BCUT2D eigenvalue weighted by molar-refractivity contribution is 9.10. The molecule has 1 aliphatic carbocycles. The average molecular weight is 405 g/mol. The minimum Gasteiger partial charge on any atom is -0.483 e. The van der Waals surface area contributed by atoms with Crippen LogP contribution < -0.4 is 10.2 Å². The highest BCUT2D eigenvalue weighted by Crippen LogP contribution is 2.27. The number of nitrogens with zero attached hydrogens (tertiary/aromatic N) is 1. The van der Waals surface area contributed by atoms with Crippen molar-refractivity contribution in [3.8, 4) is 5.75 Å². The van der Waals surface area contributed by atoms with E-state index >= 15 is 0 Å². The minimum atomic E-state index is -0.274. The molecule has 1 atom stereocenters. The lowest BCUT2D eigenvalue weighted by Gasteiger charge is -2.22. The van der Waals surface area contributed by atoms with E-state index in [0.717, 1.165) is 40.6 Å². The Hall–Kier alpha value is -1.88. The van der Waals surface area contributed by atoms with Gasteiger partial charge in [-0.05, 0) is 78.2 Å². The van der Waals surface area contributed by atoms with Crippen molar-refractivity contribution in [2.75, 3.05) is 6.61 Å². The molecule has 0 radical (unpaired) electrons. The molecule has 5 heteroatoms. The number of amides is 1. The smallest absolute Gasteiger partial charge is 0.277 e. The Morgan fingerprint density at radius 1 is 1.48 bits per heavy atom. The lowest BCUT2D eigenvalue weighted by atomic mass is 9.85. The van der Waals surface area contributed by atoms with Gasteiger partial charge < -0.3 is 4.74 Å². The predicted molar refractivity (Wildman–Crippen MR) is 106 cm³/mol. The van der Waals surface area contributed by atoms with Crippen molar-refractivity contribution in [2.24, 2.45) is 11.0 Å². The fourth-order valence-electron chi connectivity index (χ4n) is 2.61. The Kier molecular flexibility index (Phi) is 7.00. The van der Waals surface area contributed by atoms with Crippen LogP contribution in [0.15, 0.2) is 51.6 Å². The van der Waals surface area contributed by atoms with Crippen LogP contribution in [0.4, 0.5) is 0 Å². The van der Waals surface area contributed by atoms with E-state index < -0.39 is 0 Å².